The molecule has 0 spiro atoms. The Bertz CT molecular complexity index is 384. The lowest BCUT2D eigenvalue weighted by Crippen LogP contribution is -2.29. The van der Waals surface area contributed by atoms with Crippen LogP contribution in [0.15, 0.2) is 18.2 Å². The van der Waals surface area contributed by atoms with Crippen molar-refractivity contribution in [3.05, 3.63) is 28.8 Å². The normalized spacial score (nSPS) is 12.5. The molecule has 0 heterocycles. The smallest absolute Gasteiger partial charge is 0.0637 e. The molecule has 0 aliphatic carbocycles. The van der Waals surface area contributed by atoms with E-state index in [1.54, 1.807) is 7.11 Å². The first-order chi connectivity index (χ1) is 9.12. The molecule has 1 unspecified atom stereocenters. The van der Waals surface area contributed by atoms with Crippen molar-refractivity contribution in [2.45, 2.75) is 32.7 Å². The minimum Gasteiger partial charge on any atom is -0.383 e. The van der Waals surface area contributed by atoms with Gasteiger partial charge >= 0.3 is 0 Å². The fourth-order valence-corrected chi connectivity index (χ4v) is 2.30. The van der Waals surface area contributed by atoms with Gasteiger partial charge in [0.05, 0.1) is 6.61 Å². The predicted octanol–water partition coefficient (Wildman–Crippen LogP) is 3.09. The Morgan fingerprint density at radius 3 is 2.68 bits per heavy atom. The molecule has 0 saturated carbocycles. The highest BCUT2D eigenvalue weighted by Crippen LogP contribution is 2.25. The molecule has 108 valence electrons. The molecule has 0 aliphatic rings. The van der Waals surface area contributed by atoms with E-state index in [1.807, 2.05) is 12.1 Å². The minimum atomic E-state index is 0.179. The van der Waals surface area contributed by atoms with E-state index in [2.05, 4.69) is 24.8 Å². The fourth-order valence-electron chi connectivity index (χ4n) is 2.10. The Morgan fingerprint density at radius 2 is 2.11 bits per heavy atom. The Morgan fingerprint density at radius 1 is 1.37 bits per heavy atom. The van der Waals surface area contributed by atoms with Gasteiger partial charge in [0.2, 0.25) is 0 Å². The van der Waals surface area contributed by atoms with Crippen molar-refractivity contribution in [2.75, 3.05) is 31.7 Å². The van der Waals surface area contributed by atoms with Crippen molar-refractivity contribution in [3.8, 4) is 0 Å². The minimum absolute atomic E-state index is 0.179. The maximum atomic E-state index is 6.11. The van der Waals surface area contributed by atoms with E-state index >= 15 is 0 Å². The summed E-state index contributed by atoms with van der Waals surface area (Å²) < 4.78 is 5.17. The second-order valence-corrected chi connectivity index (χ2v) is 5.15. The Hall–Kier alpha value is -0.770. The zero-order chi connectivity index (χ0) is 14.3. The topological polar surface area (TPSA) is 38.5 Å². The number of rotatable bonds is 8. The average molecular weight is 285 g/mol. The van der Waals surface area contributed by atoms with Crippen molar-refractivity contribution in [1.82, 2.24) is 0 Å². The molecular formula is C15H25ClN2O. The van der Waals surface area contributed by atoms with Crippen LogP contribution in [0, 0.1) is 0 Å². The van der Waals surface area contributed by atoms with Gasteiger partial charge in [-0.05, 0) is 43.5 Å². The summed E-state index contributed by atoms with van der Waals surface area (Å²) in [6.45, 7) is 6.79. The number of nitrogens with zero attached hydrogens (tertiary/aromatic N) is 1. The third-order valence-electron chi connectivity index (χ3n) is 3.34. The van der Waals surface area contributed by atoms with Crippen LogP contribution in [0.25, 0.3) is 0 Å². The zero-order valence-corrected chi connectivity index (χ0v) is 12.9. The van der Waals surface area contributed by atoms with Crippen molar-refractivity contribution < 1.29 is 4.74 Å². The third kappa shape index (κ3) is 5.01. The summed E-state index contributed by atoms with van der Waals surface area (Å²) in [6, 6.07) is 6.23. The molecular weight excluding hydrogens is 260 g/mol. The summed E-state index contributed by atoms with van der Waals surface area (Å²) in [5.41, 5.74) is 8.52. The lowest BCUT2D eigenvalue weighted by Gasteiger charge is -2.26. The van der Waals surface area contributed by atoms with Crippen LogP contribution in [0.1, 0.15) is 25.8 Å². The summed E-state index contributed by atoms with van der Waals surface area (Å²) >= 11 is 6.11. The van der Waals surface area contributed by atoms with Crippen molar-refractivity contribution in [1.29, 1.82) is 0 Å². The molecule has 0 amide bonds. The quantitative estimate of drug-likeness (QED) is 0.797. The predicted molar refractivity (Wildman–Crippen MR) is 83.2 cm³/mol. The standard InChI is InChI=1S/C15H25ClN2O/c1-4-14(17)11-12-10-13(16)6-7-15(12)18(5-2)8-9-19-3/h6-7,10,14H,4-5,8-9,11,17H2,1-3H3. The molecule has 1 atom stereocenters. The van der Waals surface area contributed by atoms with Crippen LogP contribution in [-0.4, -0.2) is 32.8 Å². The van der Waals surface area contributed by atoms with E-state index in [9.17, 15) is 0 Å². The Kier molecular flexibility index (Phi) is 7.21. The van der Waals surface area contributed by atoms with Crippen LogP contribution in [0.3, 0.4) is 0 Å². The molecule has 0 saturated heterocycles. The van der Waals surface area contributed by atoms with Crippen LogP contribution in [-0.2, 0) is 11.2 Å². The van der Waals surface area contributed by atoms with Gasteiger partial charge in [0, 0.05) is 37.0 Å². The first-order valence-corrected chi connectivity index (χ1v) is 7.28. The first kappa shape index (κ1) is 16.3. The second-order valence-electron chi connectivity index (χ2n) is 4.72. The second kappa shape index (κ2) is 8.41. The maximum Gasteiger partial charge on any atom is 0.0637 e. The van der Waals surface area contributed by atoms with E-state index < -0.39 is 0 Å². The molecule has 4 heteroatoms. The van der Waals surface area contributed by atoms with Gasteiger partial charge in [-0.1, -0.05) is 18.5 Å². The lowest BCUT2D eigenvalue weighted by molar-refractivity contribution is 0.205. The highest BCUT2D eigenvalue weighted by atomic mass is 35.5. The number of ether oxygens (including phenoxy) is 1. The monoisotopic (exact) mass is 284 g/mol. The van der Waals surface area contributed by atoms with Crippen LogP contribution >= 0.6 is 11.6 Å². The van der Waals surface area contributed by atoms with Gasteiger partial charge in [0.1, 0.15) is 0 Å². The molecule has 0 fully saturated rings. The van der Waals surface area contributed by atoms with Crippen LogP contribution < -0.4 is 10.6 Å². The van der Waals surface area contributed by atoms with E-state index in [4.69, 9.17) is 22.1 Å². The third-order valence-corrected chi connectivity index (χ3v) is 3.57. The molecule has 2 N–H and O–H groups in total. The van der Waals surface area contributed by atoms with E-state index in [-0.39, 0.29) is 6.04 Å². The summed E-state index contributed by atoms with van der Waals surface area (Å²) in [6.07, 6.45) is 1.83. The van der Waals surface area contributed by atoms with Gasteiger partial charge in [-0.15, -0.1) is 0 Å². The number of likely N-dealkylation sites (N-methyl/N-ethyl adjacent to an activating group) is 1. The molecule has 1 aromatic carbocycles. The Labute approximate surface area is 121 Å². The van der Waals surface area contributed by atoms with Crippen LogP contribution in [0.4, 0.5) is 5.69 Å². The molecule has 0 aliphatic heterocycles. The molecule has 19 heavy (non-hydrogen) atoms. The van der Waals surface area contributed by atoms with E-state index in [1.165, 1.54) is 11.3 Å². The number of methoxy groups -OCH3 is 1. The number of hydrogen-bond donors (Lipinski definition) is 1. The molecule has 1 aromatic rings. The zero-order valence-electron chi connectivity index (χ0n) is 12.2. The largest absolute Gasteiger partial charge is 0.383 e. The molecule has 3 nitrogen and oxygen atoms in total. The number of benzene rings is 1. The summed E-state index contributed by atoms with van der Waals surface area (Å²) in [5, 5.41) is 0.768. The van der Waals surface area contributed by atoms with Crippen molar-refractivity contribution in [2.24, 2.45) is 5.73 Å². The Balaban J connectivity index is 2.96. The van der Waals surface area contributed by atoms with E-state index in [0.29, 0.717) is 0 Å². The highest BCUT2D eigenvalue weighted by molar-refractivity contribution is 6.30. The number of halogens is 1. The van der Waals surface area contributed by atoms with Gasteiger partial charge < -0.3 is 15.4 Å². The summed E-state index contributed by atoms with van der Waals surface area (Å²) in [7, 11) is 1.73. The maximum absolute atomic E-state index is 6.11. The molecule has 0 aromatic heterocycles. The summed E-state index contributed by atoms with van der Waals surface area (Å²) in [4.78, 5) is 2.30. The number of nitrogens with two attached hydrogens (primary N) is 1. The van der Waals surface area contributed by atoms with Crippen LogP contribution in [0.5, 0.6) is 0 Å². The molecule has 0 bridgehead atoms. The fraction of sp³-hybridized carbons (Fsp3) is 0.600. The highest BCUT2D eigenvalue weighted by Gasteiger charge is 2.12. The van der Waals surface area contributed by atoms with E-state index in [0.717, 1.165) is 37.6 Å². The average Bonchev–Trinajstić information content (AvgIpc) is 2.41. The van der Waals surface area contributed by atoms with Gasteiger partial charge in [-0.3, -0.25) is 0 Å². The molecule has 0 radical (unpaired) electrons. The number of anilines is 1. The van der Waals surface area contributed by atoms with Crippen LogP contribution in [0.2, 0.25) is 5.02 Å². The van der Waals surface area contributed by atoms with Crippen molar-refractivity contribution >= 4 is 17.3 Å². The van der Waals surface area contributed by atoms with Gasteiger partial charge in [-0.25, -0.2) is 0 Å². The van der Waals surface area contributed by atoms with Gasteiger partial charge in [0.25, 0.3) is 0 Å². The first-order valence-electron chi connectivity index (χ1n) is 6.90. The van der Waals surface area contributed by atoms with Crippen molar-refractivity contribution in [3.63, 3.8) is 0 Å². The lowest BCUT2D eigenvalue weighted by atomic mass is 10.0. The number of hydrogen-bond acceptors (Lipinski definition) is 3. The summed E-state index contributed by atoms with van der Waals surface area (Å²) in [5.74, 6) is 0. The molecule has 1 rings (SSSR count). The SMILES string of the molecule is CCC(N)Cc1cc(Cl)ccc1N(CC)CCOC. The van der Waals surface area contributed by atoms with Gasteiger partial charge in [-0.2, -0.15) is 0 Å². The van der Waals surface area contributed by atoms with Gasteiger partial charge in [0.15, 0.2) is 0 Å².